The minimum absolute atomic E-state index is 0.113. The predicted molar refractivity (Wildman–Crippen MR) is 123 cm³/mol. The molecule has 8 heteroatoms. The van der Waals surface area contributed by atoms with Crippen molar-refractivity contribution in [2.24, 2.45) is 10.9 Å². The summed E-state index contributed by atoms with van der Waals surface area (Å²) in [5, 5.41) is 3.55. The molecule has 3 fully saturated rings. The van der Waals surface area contributed by atoms with E-state index < -0.39 is 0 Å². The second kappa shape index (κ2) is 11.1. The summed E-state index contributed by atoms with van der Waals surface area (Å²) in [6.45, 7) is 7.28. The molecule has 0 bridgehead atoms. The summed E-state index contributed by atoms with van der Waals surface area (Å²) in [5.41, 5.74) is 0.779. The summed E-state index contributed by atoms with van der Waals surface area (Å²) in [7, 11) is 1.82. The molecule has 1 atom stereocenters. The lowest BCUT2D eigenvalue weighted by molar-refractivity contribution is -0.142. The number of aliphatic imine (C=N–C) groups is 1. The van der Waals surface area contributed by atoms with E-state index in [1.807, 2.05) is 24.1 Å². The quantitative estimate of drug-likeness (QED) is 0.555. The number of carbonyl (C=O) groups is 1. The van der Waals surface area contributed by atoms with Gasteiger partial charge in [0.05, 0.1) is 0 Å². The summed E-state index contributed by atoms with van der Waals surface area (Å²) >= 11 is 0. The van der Waals surface area contributed by atoms with Gasteiger partial charge in [0.25, 0.3) is 5.91 Å². The molecule has 0 aromatic heterocycles. The van der Waals surface area contributed by atoms with Gasteiger partial charge in [-0.3, -0.25) is 14.7 Å². The van der Waals surface area contributed by atoms with E-state index >= 15 is 0 Å². The summed E-state index contributed by atoms with van der Waals surface area (Å²) < 4.78 is 19.5. The minimum Gasteiger partial charge on any atom is -0.368 e. The molecule has 1 aromatic carbocycles. The molecule has 0 spiro atoms. The van der Waals surface area contributed by atoms with Gasteiger partial charge in [-0.25, -0.2) is 4.39 Å². The SMILES string of the molecule is CN=C(NCC1CCN(Cc2ccccc2F)CC1)N1CCN(C(=O)C2CCCO2)CC1. The van der Waals surface area contributed by atoms with E-state index in [4.69, 9.17) is 4.74 Å². The van der Waals surface area contributed by atoms with Crippen molar-refractivity contribution in [2.45, 2.75) is 38.3 Å². The number of hydrogen-bond acceptors (Lipinski definition) is 4. The highest BCUT2D eigenvalue weighted by molar-refractivity contribution is 5.82. The summed E-state index contributed by atoms with van der Waals surface area (Å²) in [5.74, 6) is 1.54. The van der Waals surface area contributed by atoms with Crippen LogP contribution in [0.2, 0.25) is 0 Å². The van der Waals surface area contributed by atoms with Crippen LogP contribution in [-0.4, -0.2) is 92.1 Å². The van der Waals surface area contributed by atoms with Gasteiger partial charge >= 0.3 is 0 Å². The molecule has 4 rings (SSSR count). The van der Waals surface area contributed by atoms with Crippen molar-refractivity contribution in [3.05, 3.63) is 35.6 Å². The lowest BCUT2D eigenvalue weighted by Gasteiger charge is -2.38. The van der Waals surface area contributed by atoms with Gasteiger partial charge in [0.2, 0.25) is 0 Å². The minimum atomic E-state index is -0.233. The number of ether oxygens (including phenoxy) is 1. The monoisotopic (exact) mass is 445 g/mol. The van der Waals surface area contributed by atoms with Crippen molar-refractivity contribution in [1.82, 2.24) is 20.0 Å². The van der Waals surface area contributed by atoms with Crippen LogP contribution in [0.15, 0.2) is 29.3 Å². The molecule has 3 aliphatic rings. The Morgan fingerprint density at radius 2 is 1.81 bits per heavy atom. The first-order chi connectivity index (χ1) is 15.6. The van der Waals surface area contributed by atoms with E-state index in [1.54, 1.807) is 6.07 Å². The maximum Gasteiger partial charge on any atom is 0.251 e. The number of guanidine groups is 1. The van der Waals surface area contributed by atoms with Crippen LogP contribution in [-0.2, 0) is 16.1 Å². The molecular weight excluding hydrogens is 409 g/mol. The molecular formula is C24H36FN5O2. The first kappa shape index (κ1) is 23.0. The number of likely N-dealkylation sites (tertiary alicyclic amines) is 1. The predicted octanol–water partition coefficient (Wildman–Crippen LogP) is 1.94. The van der Waals surface area contributed by atoms with E-state index in [1.165, 1.54) is 6.07 Å². The number of nitrogens with zero attached hydrogens (tertiary/aromatic N) is 4. The van der Waals surface area contributed by atoms with Gasteiger partial charge in [0, 0.05) is 58.5 Å². The number of piperazine rings is 1. The van der Waals surface area contributed by atoms with E-state index in [0.29, 0.717) is 32.2 Å². The lowest BCUT2D eigenvalue weighted by atomic mass is 9.96. The number of carbonyl (C=O) groups excluding carboxylic acids is 1. The zero-order valence-electron chi connectivity index (χ0n) is 19.1. The summed E-state index contributed by atoms with van der Waals surface area (Å²) in [6.07, 6.45) is 3.80. The van der Waals surface area contributed by atoms with Crippen LogP contribution in [0.25, 0.3) is 0 Å². The Morgan fingerprint density at radius 3 is 2.47 bits per heavy atom. The van der Waals surface area contributed by atoms with Gasteiger partial charge in [-0.2, -0.15) is 0 Å². The van der Waals surface area contributed by atoms with Crippen molar-refractivity contribution in [3.63, 3.8) is 0 Å². The Bertz CT molecular complexity index is 782. The molecule has 3 heterocycles. The van der Waals surface area contributed by atoms with E-state index in [2.05, 4.69) is 20.1 Å². The Morgan fingerprint density at radius 1 is 1.09 bits per heavy atom. The number of halogens is 1. The molecule has 176 valence electrons. The smallest absolute Gasteiger partial charge is 0.251 e. The van der Waals surface area contributed by atoms with Crippen LogP contribution in [0.4, 0.5) is 4.39 Å². The fourth-order valence-electron chi connectivity index (χ4n) is 4.90. The highest BCUT2D eigenvalue weighted by Gasteiger charge is 2.31. The molecule has 0 radical (unpaired) electrons. The van der Waals surface area contributed by atoms with Crippen molar-refractivity contribution in [3.8, 4) is 0 Å². The number of benzene rings is 1. The van der Waals surface area contributed by atoms with Crippen molar-refractivity contribution < 1.29 is 13.9 Å². The maximum atomic E-state index is 13.9. The number of piperidine rings is 1. The first-order valence-electron chi connectivity index (χ1n) is 12.0. The van der Waals surface area contributed by atoms with Gasteiger partial charge in [-0.15, -0.1) is 0 Å². The van der Waals surface area contributed by atoms with Crippen molar-refractivity contribution >= 4 is 11.9 Å². The fourth-order valence-corrected chi connectivity index (χ4v) is 4.90. The Balaban J connectivity index is 1.17. The number of hydrogen-bond donors (Lipinski definition) is 1. The molecule has 0 saturated carbocycles. The topological polar surface area (TPSA) is 60.4 Å². The largest absolute Gasteiger partial charge is 0.368 e. The average Bonchev–Trinajstić information content (AvgIpc) is 3.37. The standard InChI is InChI=1S/C24H36FN5O2/c1-26-24(30-14-12-29(13-15-30)23(31)22-7-4-16-32-22)27-17-19-8-10-28(11-9-19)18-20-5-2-3-6-21(20)25/h2-3,5-6,19,22H,4,7-18H2,1H3,(H,26,27). The third-order valence-electron chi connectivity index (χ3n) is 6.92. The van der Waals surface area contributed by atoms with E-state index in [0.717, 1.165) is 69.9 Å². The van der Waals surface area contributed by atoms with Crippen LogP contribution in [0.1, 0.15) is 31.2 Å². The summed E-state index contributed by atoms with van der Waals surface area (Å²) in [4.78, 5) is 23.5. The molecule has 7 nitrogen and oxygen atoms in total. The zero-order chi connectivity index (χ0) is 22.3. The Hall–Kier alpha value is -2.19. The third kappa shape index (κ3) is 5.78. The summed E-state index contributed by atoms with van der Waals surface area (Å²) in [6, 6.07) is 7.06. The maximum absolute atomic E-state index is 13.9. The van der Waals surface area contributed by atoms with Crippen LogP contribution >= 0.6 is 0 Å². The normalized spacial score (nSPS) is 23.6. The molecule has 1 unspecified atom stereocenters. The van der Waals surface area contributed by atoms with Crippen LogP contribution in [0, 0.1) is 11.7 Å². The Kier molecular flexibility index (Phi) is 7.97. The van der Waals surface area contributed by atoms with Gasteiger partial charge in [0.15, 0.2) is 5.96 Å². The molecule has 1 N–H and O–H groups in total. The van der Waals surface area contributed by atoms with Crippen molar-refractivity contribution in [1.29, 1.82) is 0 Å². The molecule has 32 heavy (non-hydrogen) atoms. The zero-order valence-corrected chi connectivity index (χ0v) is 19.1. The molecule has 1 aromatic rings. The first-order valence-corrected chi connectivity index (χ1v) is 12.0. The van der Waals surface area contributed by atoms with Gasteiger partial charge in [0.1, 0.15) is 11.9 Å². The van der Waals surface area contributed by atoms with E-state index in [9.17, 15) is 9.18 Å². The second-order valence-electron chi connectivity index (χ2n) is 9.05. The second-order valence-corrected chi connectivity index (χ2v) is 9.05. The lowest BCUT2D eigenvalue weighted by Crippen LogP contribution is -2.55. The average molecular weight is 446 g/mol. The molecule has 3 aliphatic heterocycles. The van der Waals surface area contributed by atoms with Crippen LogP contribution in [0.5, 0.6) is 0 Å². The Labute approximate surface area is 190 Å². The van der Waals surface area contributed by atoms with Crippen molar-refractivity contribution in [2.75, 3.05) is 59.5 Å². The molecule has 0 aliphatic carbocycles. The van der Waals surface area contributed by atoms with E-state index in [-0.39, 0.29) is 17.8 Å². The molecule has 1 amide bonds. The van der Waals surface area contributed by atoms with Gasteiger partial charge in [-0.05, 0) is 50.8 Å². The highest BCUT2D eigenvalue weighted by Crippen LogP contribution is 2.20. The third-order valence-corrected chi connectivity index (χ3v) is 6.92. The number of nitrogens with one attached hydrogen (secondary N) is 1. The van der Waals surface area contributed by atoms with Crippen LogP contribution in [0.3, 0.4) is 0 Å². The highest BCUT2D eigenvalue weighted by atomic mass is 19.1. The number of amides is 1. The number of rotatable bonds is 5. The van der Waals surface area contributed by atoms with Crippen LogP contribution < -0.4 is 5.32 Å². The fraction of sp³-hybridized carbons (Fsp3) is 0.667. The molecule has 3 saturated heterocycles. The van der Waals surface area contributed by atoms with Gasteiger partial charge in [-0.1, -0.05) is 18.2 Å². The van der Waals surface area contributed by atoms with Gasteiger partial charge < -0.3 is 19.9 Å².